The molecule has 5 fully saturated rings. The van der Waals surface area contributed by atoms with Crippen LogP contribution in [-0.2, 0) is 23.7 Å². The molecule has 0 radical (unpaired) electrons. The van der Waals surface area contributed by atoms with Crippen molar-refractivity contribution in [3.8, 4) is 0 Å². The summed E-state index contributed by atoms with van der Waals surface area (Å²) in [6.45, 7) is 7.65. The maximum absolute atomic E-state index is 12.6. The standard InChI is InChI=1S/C34H56O12/c1-16(43-30-27(39)26(38)25(37)23(15-35)46-30)20-10-13-34(41)22-7-6-18-14-19(8-11-32(18,3)21(22)9-12-33(20,34)4)45-31-28(40)29(42-5)24(36)17(2)44-31/h6,16-17,19-31,35-41H,7-15H2,1-5H3/t16-,17+,19-,20+,21-,22+,23+,24-,25+,26-,27+,28+,29-,30+,31-,32-,33+,34-/m0/s1. The first-order valence-electron chi connectivity index (χ1n) is 17.3. The first-order valence-corrected chi connectivity index (χ1v) is 17.3. The monoisotopic (exact) mass is 656 g/mol. The van der Waals surface area contributed by atoms with Crippen LogP contribution in [0.2, 0.25) is 0 Å². The van der Waals surface area contributed by atoms with E-state index in [1.54, 1.807) is 6.92 Å². The third-order valence-electron chi connectivity index (χ3n) is 13.5. The van der Waals surface area contributed by atoms with Crippen molar-refractivity contribution in [1.82, 2.24) is 0 Å². The van der Waals surface area contributed by atoms with Gasteiger partial charge in [-0.1, -0.05) is 25.5 Å². The highest BCUT2D eigenvalue weighted by atomic mass is 16.7. The number of methoxy groups -OCH3 is 1. The van der Waals surface area contributed by atoms with Crippen molar-refractivity contribution >= 4 is 0 Å². The first-order chi connectivity index (χ1) is 21.7. The summed E-state index contributed by atoms with van der Waals surface area (Å²) < 4.78 is 29.4. The van der Waals surface area contributed by atoms with Crippen LogP contribution in [0, 0.1) is 28.6 Å². The van der Waals surface area contributed by atoms with E-state index >= 15 is 0 Å². The lowest BCUT2D eigenvalue weighted by atomic mass is 9.45. The lowest BCUT2D eigenvalue weighted by molar-refractivity contribution is -0.317. The number of allylic oxidation sites excluding steroid dienone is 1. The van der Waals surface area contributed by atoms with E-state index in [4.69, 9.17) is 23.7 Å². The summed E-state index contributed by atoms with van der Waals surface area (Å²) in [5, 5.41) is 74.4. The van der Waals surface area contributed by atoms with E-state index in [1.165, 1.54) is 12.7 Å². The molecule has 2 aliphatic heterocycles. The minimum atomic E-state index is -1.50. The van der Waals surface area contributed by atoms with Crippen LogP contribution in [0.4, 0.5) is 0 Å². The molecule has 12 nitrogen and oxygen atoms in total. The van der Waals surface area contributed by atoms with Gasteiger partial charge in [0.1, 0.15) is 42.7 Å². The second kappa shape index (κ2) is 12.9. The van der Waals surface area contributed by atoms with E-state index in [2.05, 4.69) is 19.9 Å². The topological polar surface area (TPSA) is 188 Å². The summed E-state index contributed by atoms with van der Waals surface area (Å²) in [5.41, 5.74) is -0.0797. The van der Waals surface area contributed by atoms with E-state index < -0.39 is 85.1 Å². The summed E-state index contributed by atoms with van der Waals surface area (Å²) in [6, 6.07) is 0. The van der Waals surface area contributed by atoms with Crippen LogP contribution in [-0.4, -0.2) is 129 Å². The van der Waals surface area contributed by atoms with Gasteiger partial charge in [-0.2, -0.15) is 0 Å². The molecule has 4 aliphatic carbocycles. The Hall–Kier alpha value is -0.740. The molecule has 0 spiro atoms. The average molecular weight is 657 g/mol. The Kier molecular flexibility index (Phi) is 9.81. The summed E-state index contributed by atoms with van der Waals surface area (Å²) in [4.78, 5) is 0. The Balaban J connectivity index is 1.14. The summed E-state index contributed by atoms with van der Waals surface area (Å²) in [5.74, 6) is 0.360. The van der Waals surface area contributed by atoms with Gasteiger partial charge in [-0.3, -0.25) is 0 Å². The quantitative estimate of drug-likeness (QED) is 0.191. The molecule has 6 aliphatic rings. The lowest BCUT2D eigenvalue weighted by Gasteiger charge is -2.61. The Morgan fingerprint density at radius 3 is 2.33 bits per heavy atom. The third kappa shape index (κ3) is 5.43. The van der Waals surface area contributed by atoms with Crippen molar-refractivity contribution in [2.45, 2.75) is 158 Å². The van der Waals surface area contributed by atoms with Gasteiger partial charge in [0, 0.05) is 12.5 Å². The Bertz CT molecular complexity index is 1120. The number of ether oxygens (including phenoxy) is 5. The molecular formula is C34H56O12. The molecule has 18 atom stereocenters. The zero-order valence-corrected chi connectivity index (χ0v) is 27.8. The minimum absolute atomic E-state index is 0.0214. The van der Waals surface area contributed by atoms with E-state index in [-0.39, 0.29) is 23.4 Å². The van der Waals surface area contributed by atoms with E-state index in [9.17, 15) is 35.7 Å². The fourth-order valence-electron chi connectivity index (χ4n) is 10.6. The van der Waals surface area contributed by atoms with Crippen molar-refractivity contribution in [3.05, 3.63) is 11.6 Å². The maximum Gasteiger partial charge on any atom is 0.186 e. The van der Waals surface area contributed by atoms with Gasteiger partial charge in [0.15, 0.2) is 12.6 Å². The highest BCUT2D eigenvalue weighted by molar-refractivity contribution is 5.28. The molecule has 2 saturated heterocycles. The molecule has 2 heterocycles. The molecule has 0 aromatic rings. The third-order valence-corrected chi connectivity index (χ3v) is 13.5. The molecule has 46 heavy (non-hydrogen) atoms. The van der Waals surface area contributed by atoms with Gasteiger partial charge in [0.05, 0.1) is 30.5 Å². The van der Waals surface area contributed by atoms with Crippen molar-refractivity contribution in [1.29, 1.82) is 0 Å². The zero-order chi connectivity index (χ0) is 33.3. The number of fused-ring (bicyclic) bond motifs is 5. The van der Waals surface area contributed by atoms with E-state index in [1.807, 2.05) is 6.92 Å². The van der Waals surface area contributed by atoms with Crippen LogP contribution >= 0.6 is 0 Å². The van der Waals surface area contributed by atoms with E-state index in [0.717, 1.165) is 44.9 Å². The number of aliphatic hydroxyl groups is 7. The number of hydrogen-bond donors (Lipinski definition) is 7. The molecule has 7 N–H and O–H groups in total. The molecule has 0 amide bonds. The minimum Gasteiger partial charge on any atom is -0.394 e. The second-order valence-electron chi connectivity index (χ2n) is 15.6. The van der Waals surface area contributed by atoms with Crippen LogP contribution < -0.4 is 0 Å². The summed E-state index contributed by atoms with van der Waals surface area (Å²) in [6.07, 6.45) is -2.76. The Morgan fingerprint density at radius 2 is 1.63 bits per heavy atom. The Labute approximate surface area is 271 Å². The fraction of sp³-hybridized carbons (Fsp3) is 0.941. The highest BCUT2D eigenvalue weighted by Crippen LogP contribution is 2.68. The fourth-order valence-corrected chi connectivity index (χ4v) is 10.6. The molecule has 0 aromatic carbocycles. The lowest BCUT2D eigenvalue weighted by Crippen LogP contribution is -2.62. The maximum atomic E-state index is 12.6. The van der Waals surface area contributed by atoms with Gasteiger partial charge in [-0.15, -0.1) is 0 Å². The number of hydrogen-bond acceptors (Lipinski definition) is 12. The predicted molar refractivity (Wildman–Crippen MR) is 163 cm³/mol. The largest absolute Gasteiger partial charge is 0.394 e. The van der Waals surface area contributed by atoms with Crippen LogP contribution in [0.3, 0.4) is 0 Å². The molecule has 0 unspecified atom stereocenters. The molecule has 0 bridgehead atoms. The van der Waals surface area contributed by atoms with E-state index in [0.29, 0.717) is 12.3 Å². The number of rotatable bonds is 7. The Morgan fingerprint density at radius 1 is 0.891 bits per heavy atom. The molecule has 12 heteroatoms. The van der Waals surface area contributed by atoms with Gasteiger partial charge < -0.3 is 59.4 Å². The number of aliphatic hydroxyl groups excluding tert-OH is 6. The van der Waals surface area contributed by atoms with Gasteiger partial charge in [0.2, 0.25) is 0 Å². The SMILES string of the molecule is CO[C@H]1[C@@H](O)[C@@H](C)O[C@@H](O[C@H]2CC[C@@]3(C)C(=CC[C@@H]4[C@@H]3CC[C@]3(C)[C@@H]([C@H](C)O[C@@H]5O[C@H](CO)[C@@H](O)[C@H](O)[C@H]5O)CC[C@]43O)C2)[C@@H]1O. The molecular weight excluding hydrogens is 600 g/mol. The van der Waals surface area contributed by atoms with Gasteiger partial charge in [0.25, 0.3) is 0 Å². The van der Waals surface area contributed by atoms with Crippen LogP contribution in [0.25, 0.3) is 0 Å². The van der Waals surface area contributed by atoms with Crippen molar-refractivity contribution in [2.75, 3.05) is 13.7 Å². The predicted octanol–water partition coefficient (Wildman–Crippen LogP) is 0.752. The van der Waals surface area contributed by atoms with Gasteiger partial charge in [-0.05, 0) is 88.4 Å². The van der Waals surface area contributed by atoms with Crippen LogP contribution in [0.15, 0.2) is 11.6 Å². The summed E-state index contributed by atoms with van der Waals surface area (Å²) >= 11 is 0. The van der Waals surface area contributed by atoms with Crippen molar-refractivity contribution in [3.63, 3.8) is 0 Å². The molecule has 3 saturated carbocycles. The molecule has 264 valence electrons. The smallest absolute Gasteiger partial charge is 0.186 e. The zero-order valence-electron chi connectivity index (χ0n) is 27.8. The normalized spacial score (nSPS) is 54.7. The van der Waals surface area contributed by atoms with Gasteiger partial charge in [-0.25, -0.2) is 0 Å². The van der Waals surface area contributed by atoms with Crippen LogP contribution in [0.5, 0.6) is 0 Å². The van der Waals surface area contributed by atoms with Gasteiger partial charge >= 0.3 is 0 Å². The summed E-state index contributed by atoms with van der Waals surface area (Å²) in [7, 11) is 1.46. The molecule has 0 aromatic heterocycles. The van der Waals surface area contributed by atoms with Crippen LogP contribution in [0.1, 0.15) is 79.1 Å². The highest BCUT2D eigenvalue weighted by Gasteiger charge is 2.67. The average Bonchev–Trinajstić information content (AvgIpc) is 3.31. The first kappa shape index (κ1) is 35.1. The van der Waals surface area contributed by atoms with Crippen molar-refractivity contribution in [2.24, 2.45) is 28.6 Å². The second-order valence-corrected chi connectivity index (χ2v) is 15.6. The molecule has 6 rings (SSSR count). The van der Waals surface area contributed by atoms with Crippen molar-refractivity contribution < 1.29 is 59.4 Å².